The van der Waals surface area contributed by atoms with Crippen molar-refractivity contribution in [2.24, 2.45) is 17.3 Å². The lowest BCUT2D eigenvalue weighted by atomic mass is 9.89. The Morgan fingerprint density at radius 1 is 1.33 bits per heavy atom. The minimum atomic E-state index is -1.87. The first-order chi connectivity index (χ1) is 13.8. The van der Waals surface area contributed by atoms with Crippen molar-refractivity contribution in [3.63, 3.8) is 0 Å². The second kappa shape index (κ2) is 6.90. The molecule has 1 aliphatic heterocycles. The number of fused-ring (bicyclic) bond motifs is 2. The lowest BCUT2D eigenvalue weighted by molar-refractivity contribution is -0.0435. The first-order valence-electron chi connectivity index (χ1n) is 10.8. The molecule has 1 saturated carbocycles. The Balaban J connectivity index is 1.65. The highest BCUT2D eigenvalue weighted by Crippen LogP contribution is 2.56. The van der Waals surface area contributed by atoms with Crippen molar-refractivity contribution in [2.45, 2.75) is 77.9 Å². The van der Waals surface area contributed by atoms with Crippen molar-refractivity contribution in [3.8, 4) is 0 Å². The van der Waals surface area contributed by atoms with E-state index < -0.39 is 8.32 Å². The van der Waals surface area contributed by atoms with Gasteiger partial charge in [-0.25, -0.2) is 4.98 Å². The van der Waals surface area contributed by atoms with E-state index >= 15 is 0 Å². The Morgan fingerprint density at radius 3 is 2.67 bits per heavy atom. The quantitative estimate of drug-likeness (QED) is 0.712. The van der Waals surface area contributed by atoms with E-state index in [1.54, 1.807) is 6.33 Å². The van der Waals surface area contributed by atoms with E-state index in [2.05, 4.69) is 62.7 Å². The summed E-state index contributed by atoms with van der Waals surface area (Å²) in [5, 5.41) is 0.155. The van der Waals surface area contributed by atoms with Crippen LogP contribution in [0.3, 0.4) is 0 Å². The van der Waals surface area contributed by atoms with Crippen LogP contribution in [0.4, 0.5) is 5.95 Å². The fourth-order valence-electron chi connectivity index (χ4n) is 4.83. The van der Waals surface area contributed by atoms with Crippen LogP contribution < -0.4 is 11.3 Å². The third kappa shape index (κ3) is 3.60. The summed E-state index contributed by atoms with van der Waals surface area (Å²) in [5.74, 6) is 0.827. The summed E-state index contributed by atoms with van der Waals surface area (Å²) in [6.07, 6.45) is 3.62. The van der Waals surface area contributed by atoms with Crippen molar-refractivity contribution >= 4 is 25.4 Å². The molecule has 3 heterocycles. The van der Waals surface area contributed by atoms with Crippen LogP contribution in [0.1, 0.15) is 53.7 Å². The zero-order valence-corrected chi connectivity index (χ0v) is 20.2. The van der Waals surface area contributed by atoms with Crippen LogP contribution in [0.5, 0.6) is 0 Å². The molecule has 4 rings (SSSR count). The van der Waals surface area contributed by atoms with Gasteiger partial charge in [0.2, 0.25) is 5.95 Å². The molecule has 0 radical (unpaired) electrons. The maximum absolute atomic E-state index is 12.2. The van der Waals surface area contributed by atoms with E-state index in [1.807, 2.05) is 4.57 Å². The maximum Gasteiger partial charge on any atom is 0.280 e. The van der Waals surface area contributed by atoms with Crippen molar-refractivity contribution in [2.75, 3.05) is 12.3 Å². The molecular formula is C21H35N5O3Si. The molecule has 2 aromatic heterocycles. The van der Waals surface area contributed by atoms with E-state index in [9.17, 15) is 4.79 Å². The van der Waals surface area contributed by atoms with Gasteiger partial charge < -0.3 is 14.9 Å². The maximum atomic E-state index is 12.2. The van der Waals surface area contributed by atoms with Crippen LogP contribution in [0, 0.1) is 17.3 Å². The highest BCUT2D eigenvalue weighted by molar-refractivity contribution is 6.74. The monoisotopic (exact) mass is 433 g/mol. The number of anilines is 1. The molecule has 166 valence electrons. The van der Waals surface area contributed by atoms with E-state index in [4.69, 9.17) is 14.9 Å². The molecule has 2 aromatic rings. The number of H-pyrrole nitrogens is 1. The molecule has 8 nitrogen and oxygen atoms in total. The standard InChI is InChI=1S/C21H35N5O3Si/c1-20(2,3)30(6,7)28-10-14-12-8-21(4,5)9-13(12)18(29-14)26-11-23-15-16(26)24-19(22)25-17(15)27/h11-14,18H,8-10H2,1-7H3,(H3,22,24,25,27)/t12-,13+,14+,18+/m0/s1. The molecule has 0 unspecified atom stereocenters. The number of rotatable bonds is 4. The zero-order chi connectivity index (χ0) is 22.1. The minimum Gasteiger partial charge on any atom is -0.414 e. The average molecular weight is 434 g/mol. The molecule has 0 bridgehead atoms. The number of aromatic nitrogens is 4. The van der Waals surface area contributed by atoms with Gasteiger partial charge >= 0.3 is 0 Å². The van der Waals surface area contributed by atoms with Crippen LogP contribution in [-0.2, 0) is 9.16 Å². The number of hydrogen-bond donors (Lipinski definition) is 2. The third-order valence-corrected chi connectivity index (χ3v) is 11.9. The number of nitrogen functional groups attached to an aromatic ring is 1. The minimum absolute atomic E-state index is 0.0210. The van der Waals surface area contributed by atoms with Crippen molar-refractivity contribution in [1.29, 1.82) is 0 Å². The molecule has 3 N–H and O–H groups in total. The summed E-state index contributed by atoms with van der Waals surface area (Å²) >= 11 is 0. The second-order valence-electron chi connectivity index (χ2n) is 11.3. The summed E-state index contributed by atoms with van der Waals surface area (Å²) in [7, 11) is -1.87. The normalized spacial score (nSPS) is 28.9. The highest BCUT2D eigenvalue weighted by Gasteiger charge is 2.54. The van der Waals surface area contributed by atoms with Gasteiger partial charge in [-0.05, 0) is 42.3 Å². The zero-order valence-electron chi connectivity index (χ0n) is 19.2. The Kier molecular flexibility index (Phi) is 4.95. The fourth-order valence-corrected chi connectivity index (χ4v) is 5.85. The van der Waals surface area contributed by atoms with Gasteiger partial charge in [-0.15, -0.1) is 0 Å². The molecular weight excluding hydrogens is 398 g/mol. The van der Waals surface area contributed by atoms with Gasteiger partial charge in [-0.3, -0.25) is 14.3 Å². The third-order valence-electron chi connectivity index (χ3n) is 7.42. The summed E-state index contributed by atoms with van der Waals surface area (Å²) in [5.41, 5.74) is 6.50. The summed E-state index contributed by atoms with van der Waals surface area (Å²) in [4.78, 5) is 23.4. The number of nitrogens with one attached hydrogen (secondary N) is 1. The van der Waals surface area contributed by atoms with Gasteiger partial charge in [0.1, 0.15) is 6.23 Å². The molecule has 9 heteroatoms. The van der Waals surface area contributed by atoms with Gasteiger partial charge in [0.25, 0.3) is 5.56 Å². The van der Waals surface area contributed by atoms with E-state index in [-0.39, 0.29) is 34.3 Å². The molecule has 1 saturated heterocycles. The SMILES string of the molecule is CC1(C)C[C@@H]2[C@H](C1)[C@@H](CO[Si](C)(C)C(C)(C)C)O[C@H]2n1cnc2c(=O)[nH]c(N)nc21. The second-order valence-corrected chi connectivity index (χ2v) is 16.1. The lowest BCUT2D eigenvalue weighted by Gasteiger charge is -2.37. The van der Waals surface area contributed by atoms with Crippen LogP contribution in [0.15, 0.2) is 11.1 Å². The van der Waals surface area contributed by atoms with Gasteiger partial charge in [-0.2, -0.15) is 4.98 Å². The molecule has 0 spiro atoms. The first kappa shape index (κ1) is 21.5. The number of nitrogens with zero attached hydrogens (tertiary/aromatic N) is 3. The topological polar surface area (TPSA) is 108 Å². The van der Waals surface area contributed by atoms with Crippen LogP contribution in [0.2, 0.25) is 18.1 Å². The molecule has 0 amide bonds. The molecule has 4 atom stereocenters. The van der Waals surface area contributed by atoms with Crippen molar-refractivity contribution in [3.05, 3.63) is 16.7 Å². The van der Waals surface area contributed by atoms with Crippen molar-refractivity contribution < 1.29 is 9.16 Å². The fraction of sp³-hybridized carbons (Fsp3) is 0.762. The van der Waals surface area contributed by atoms with Gasteiger partial charge in [0.15, 0.2) is 19.5 Å². The van der Waals surface area contributed by atoms with Crippen LogP contribution in [0.25, 0.3) is 11.2 Å². The first-order valence-corrected chi connectivity index (χ1v) is 13.7. The summed E-state index contributed by atoms with van der Waals surface area (Å²) in [6, 6.07) is 0. The number of hydrogen-bond acceptors (Lipinski definition) is 6. The van der Waals surface area contributed by atoms with E-state index in [0.717, 1.165) is 12.8 Å². The van der Waals surface area contributed by atoms with Gasteiger partial charge in [0, 0.05) is 5.92 Å². The Bertz CT molecular complexity index is 1010. The number of nitrogens with two attached hydrogens (primary N) is 1. The molecule has 2 aliphatic rings. The van der Waals surface area contributed by atoms with Gasteiger partial charge in [0.05, 0.1) is 19.0 Å². The molecule has 1 aliphatic carbocycles. The highest BCUT2D eigenvalue weighted by atomic mass is 28.4. The number of imidazole rings is 1. The van der Waals surface area contributed by atoms with E-state index in [1.165, 1.54) is 0 Å². The largest absolute Gasteiger partial charge is 0.414 e. The summed E-state index contributed by atoms with van der Waals surface area (Å²) in [6.45, 7) is 16.6. The lowest BCUT2D eigenvalue weighted by Crippen LogP contribution is -2.43. The predicted octanol–water partition coefficient (Wildman–Crippen LogP) is 3.67. The summed E-state index contributed by atoms with van der Waals surface area (Å²) < 4.78 is 15.0. The number of aromatic amines is 1. The van der Waals surface area contributed by atoms with E-state index in [0.29, 0.717) is 29.6 Å². The predicted molar refractivity (Wildman–Crippen MR) is 120 cm³/mol. The Hall–Kier alpha value is -1.71. The number of ether oxygens (including phenoxy) is 1. The Labute approximate surface area is 178 Å². The Morgan fingerprint density at radius 2 is 2.00 bits per heavy atom. The smallest absolute Gasteiger partial charge is 0.280 e. The van der Waals surface area contributed by atoms with Crippen LogP contribution in [-0.4, -0.2) is 40.5 Å². The molecule has 2 fully saturated rings. The molecule has 0 aromatic carbocycles. The molecule has 30 heavy (non-hydrogen) atoms. The van der Waals surface area contributed by atoms with Crippen molar-refractivity contribution in [1.82, 2.24) is 19.5 Å². The van der Waals surface area contributed by atoms with Crippen LogP contribution >= 0.6 is 0 Å². The average Bonchev–Trinajstić information content (AvgIpc) is 3.23. The van der Waals surface area contributed by atoms with Gasteiger partial charge in [-0.1, -0.05) is 34.6 Å².